The molecule has 3 aromatic rings. The molecule has 0 unspecified atom stereocenters. The second-order valence-corrected chi connectivity index (χ2v) is 8.23. The zero-order chi connectivity index (χ0) is 22.7. The van der Waals surface area contributed by atoms with Gasteiger partial charge in [-0.25, -0.2) is 0 Å². The summed E-state index contributed by atoms with van der Waals surface area (Å²) in [6.45, 7) is 0.621. The monoisotopic (exact) mass is 510 g/mol. The molecule has 164 valence electrons. The highest BCUT2D eigenvalue weighted by Crippen LogP contribution is 2.36. The standard InChI is InChI=1S/C21H20BrClN2O6/c1-25(4-5-26)10-17(28)24-9-11-6-13-18(29)19(30)20(31-21(13)14(22)7-11)12-2-3-16(27)15(23)8-12/h2-3,6-8,26-27,30H,4-5,9-10H2,1H3,(H,24,28). The van der Waals surface area contributed by atoms with Crippen molar-refractivity contribution in [2.45, 2.75) is 6.54 Å². The first-order valence-corrected chi connectivity index (χ1v) is 10.4. The summed E-state index contributed by atoms with van der Waals surface area (Å²) >= 11 is 9.30. The van der Waals surface area contributed by atoms with E-state index in [1.54, 1.807) is 18.0 Å². The van der Waals surface area contributed by atoms with Crippen LogP contribution in [0.2, 0.25) is 5.02 Å². The van der Waals surface area contributed by atoms with Gasteiger partial charge in [0.1, 0.15) is 5.75 Å². The summed E-state index contributed by atoms with van der Waals surface area (Å²) < 4.78 is 6.26. The van der Waals surface area contributed by atoms with Crippen LogP contribution in [0.3, 0.4) is 0 Å². The highest BCUT2D eigenvalue weighted by molar-refractivity contribution is 9.10. The third-order valence-electron chi connectivity index (χ3n) is 4.58. The van der Waals surface area contributed by atoms with Gasteiger partial charge in [0.05, 0.1) is 28.0 Å². The maximum absolute atomic E-state index is 12.8. The van der Waals surface area contributed by atoms with Crippen LogP contribution in [0.25, 0.3) is 22.3 Å². The number of hydrogen-bond acceptors (Lipinski definition) is 7. The van der Waals surface area contributed by atoms with Crippen LogP contribution in [-0.2, 0) is 11.3 Å². The molecule has 0 radical (unpaired) electrons. The smallest absolute Gasteiger partial charge is 0.235 e. The summed E-state index contributed by atoms with van der Waals surface area (Å²) in [4.78, 5) is 26.5. The number of hydrogen-bond donors (Lipinski definition) is 4. The maximum atomic E-state index is 12.8. The molecule has 0 aliphatic carbocycles. The Bertz CT molecular complexity index is 1200. The first-order chi connectivity index (χ1) is 14.7. The van der Waals surface area contributed by atoms with Gasteiger partial charge in [-0.05, 0) is 58.9 Å². The van der Waals surface area contributed by atoms with Gasteiger partial charge in [0.25, 0.3) is 0 Å². The Hall–Kier alpha value is -2.59. The van der Waals surface area contributed by atoms with Crippen molar-refractivity contribution in [3.63, 3.8) is 0 Å². The molecule has 0 atom stereocenters. The summed E-state index contributed by atoms with van der Waals surface area (Å²) in [5, 5.41) is 31.9. The number of nitrogens with one attached hydrogen (secondary N) is 1. The average Bonchev–Trinajstić information content (AvgIpc) is 2.72. The largest absolute Gasteiger partial charge is 0.506 e. The van der Waals surface area contributed by atoms with Gasteiger partial charge in [-0.1, -0.05) is 11.6 Å². The number of benzene rings is 2. The Balaban J connectivity index is 1.92. The Morgan fingerprint density at radius 1 is 1.26 bits per heavy atom. The summed E-state index contributed by atoms with van der Waals surface area (Å²) in [7, 11) is 1.72. The van der Waals surface area contributed by atoms with E-state index in [-0.39, 0.29) is 53.1 Å². The molecule has 1 aromatic heterocycles. The van der Waals surface area contributed by atoms with E-state index in [4.69, 9.17) is 21.1 Å². The third-order valence-corrected chi connectivity index (χ3v) is 5.47. The molecule has 10 heteroatoms. The highest BCUT2D eigenvalue weighted by atomic mass is 79.9. The number of aromatic hydroxyl groups is 2. The van der Waals surface area contributed by atoms with Gasteiger partial charge in [-0.15, -0.1) is 0 Å². The molecular formula is C21H20BrClN2O6. The number of amides is 1. The van der Waals surface area contributed by atoms with Crippen molar-refractivity contribution in [1.29, 1.82) is 0 Å². The minimum atomic E-state index is -0.642. The molecule has 0 saturated carbocycles. The normalized spacial score (nSPS) is 11.3. The van der Waals surface area contributed by atoms with E-state index < -0.39 is 11.2 Å². The van der Waals surface area contributed by atoms with E-state index in [0.29, 0.717) is 22.1 Å². The molecule has 8 nitrogen and oxygen atoms in total. The predicted molar refractivity (Wildman–Crippen MR) is 120 cm³/mol. The zero-order valence-corrected chi connectivity index (χ0v) is 18.8. The van der Waals surface area contributed by atoms with Gasteiger partial charge in [0.2, 0.25) is 17.1 Å². The lowest BCUT2D eigenvalue weighted by atomic mass is 10.1. The summed E-state index contributed by atoms with van der Waals surface area (Å²) in [5.74, 6) is -1.04. The summed E-state index contributed by atoms with van der Waals surface area (Å²) in [6, 6.07) is 7.42. The molecule has 1 amide bonds. The molecule has 31 heavy (non-hydrogen) atoms. The van der Waals surface area contributed by atoms with Gasteiger partial charge in [0.15, 0.2) is 11.3 Å². The number of halogens is 2. The number of carbonyl (C=O) groups excluding carboxylic acids is 1. The fourth-order valence-corrected chi connectivity index (χ4v) is 3.77. The number of phenolic OH excluding ortho intramolecular Hbond substituents is 1. The number of rotatable bonds is 7. The fourth-order valence-electron chi connectivity index (χ4n) is 3.00. The van der Waals surface area contributed by atoms with Gasteiger partial charge in [-0.2, -0.15) is 0 Å². The van der Waals surface area contributed by atoms with E-state index >= 15 is 0 Å². The van der Waals surface area contributed by atoms with Crippen molar-refractivity contribution < 1.29 is 24.5 Å². The number of likely N-dealkylation sites (N-methyl/N-ethyl adjacent to an activating group) is 1. The molecule has 4 N–H and O–H groups in total. The lowest BCUT2D eigenvalue weighted by Crippen LogP contribution is -2.36. The van der Waals surface area contributed by atoms with Crippen LogP contribution in [0.5, 0.6) is 11.5 Å². The summed E-state index contributed by atoms with van der Waals surface area (Å²) in [5.41, 5.74) is 0.538. The van der Waals surface area contributed by atoms with Crippen LogP contribution < -0.4 is 10.7 Å². The van der Waals surface area contributed by atoms with Gasteiger partial charge >= 0.3 is 0 Å². The molecule has 0 aliphatic rings. The Labute approximate surface area is 190 Å². The number of aliphatic hydroxyl groups is 1. The number of fused-ring (bicyclic) bond motifs is 1. The molecular weight excluding hydrogens is 492 g/mol. The van der Waals surface area contributed by atoms with E-state index in [9.17, 15) is 19.8 Å². The van der Waals surface area contributed by atoms with Crippen LogP contribution in [0.1, 0.15) is 5.56 Å². The lowest BCUT2D eigenvalue weighted by Gasteiger charge is -2.15. The minimum Gasteiger partial charge on any atom is -0.506 e. The Kier molecular flexibility index (Phi) is 7.22. The Morgan fingerprint density at radius 2 is 2.00 bits per heavy atom. The van der Waals surface area contributed by atoms with Crippen LogP contribution in [-0.4, -0.2) is 52.9 Å². The van der Waals surface area contributed by atoms with Crippen molar-refractivity contribution in [1.82, 2.24) is 10.2 Å². The second kappa shape index (κ2) is 9.69. The number of nitrogens with zero attached hydrogens (tertiary/aromatic N) is 1. The molecule has 0 fully saturated rings. The van der Waals surface area contributed by atoms with Crippen molar-refractivity contribution in [2.75, 3.05) is 26.7 Å². The quantitative estimate of drug-likeness (QED) is 0.385. The SMILES string of the molecule is CN(CCO)CC(=O)NCc1cc(Br)c2oc(-c3ccc(O)c(Cl)c3)c(O)c(=O)c2c1. The number of phenols is 1. The molecule has 2 aromatic carbocycles. The maximum Gasteiger partial charge on any atom is 0.235 e. The van der Waals surface area contributed by atoms with Crippen molar-refractivity contribution in [2.24, 2.45) is 0 Å². The Morgan fingerprint density at radius 3 is 2.68 bits per heavy atom. The van der Waals surface area contributed by atoms with Crippen LogP contribution >= 0.6 is 27.5 Å². The van der Waals surface area contributed by atoms with Gasteiger partial charge < -0.3 is 25.1 Å². The van der Waals surface area contributed by atoms with Crippen molar-refractivity contribution in [3.8, 4) is 22.8 Å². The first-order valence-electron chi connectivity index (χ1n) is 9.24. The van der Waals surface area contributed by atoms with E-state index in [2.05, 4.69) is 21.2 Å². The van der Waals surface area contributed by atoms with Gasteiger partial charge in [0, 0.05) is 18.7 Å². The lowest BCUT2D eigenvalue weighted by molar-refractivity contribution is -0.122. The molecule has 0 spiro atoms. The highest BCUT2D eigenvalue weighted by Gasteiger charge is 2.19. The average molecular weight is 512 g/mol. The second-order valence-electron chi connectivity index (χ2n) is 6.97. The molecule has 1 heterocycles. The van der Waals surface area contributed by atoms with Crippen LogP contribution in [0, 0.1) is 0 Å². The molecule has 0 aliphatic heterocycles. The molecule has 0 bridgehead atoms. The van der Waals surface area contributed by atoms with Gasteiger partial charge in [-0.3, -0.25) is 14.5 Å². The van der Waals surface area contributed by atoms with Crippen LogP contribution in [0.15, 0.2) is 44.0 Å². The molecule has 3 rings (SSSR count). The zero-order valence-electron chi connectivity index (χ0n) is 16.5. The number of aliphatic hydroxyl groups excluding tert-OH is 1. The number of carbonyl (C=O) groups is 1. The third kappa shape index (κ3) is 5.19. The topological polar surface area (TPSA) is 123 Å². The summed E-state index contributed by atoms with van der Waals surface area (Å²) in [6.07, 6.45) is 0. The minimum absolute atomic E-state index is 0.0427. The van der Waals surface area contributed by atoms with Crippen molar-refractivity contribution in [3.05, 3.63) is 55.6 Å². The van der Waals surface area contributed by atoms with E-state index in [0.717, 1.165) is 0 Å². The molecule has 0 saturated heterocycles. The van der Waals surface area contributed by atoms with E-state index in [1.807, 2.05) is 0 Å². The van der Waals surface area contributed by atoms with Crippen molar-refractivity contribution >= 4 is 44.4 Å². The fraction of sp³-hybridized carbons (Fsp3) is 0.238. The first kappa shape index (κ1) is 23.1. The van der Waals surface area contributed by atoms with Crippen LogP contribution in [0.4, 0.5) is 0 Å². The predicted octanol–water partition coefficient (Wildman–Crippen LogP) is 2.83. The van der Waals surface area contributed by atoms with E-state index in [1.165, 1.54) is 24.3 Å².